The molecule has 30 heavy (non-hydrogen) atoms. The van der Waals surface area contributed by atoms with Gasteiger partial charge in [-0.15, -0.1) is 0 Å². The standard InChI is InChI=1S/C23H37N3O4/c1-16(2)11-12-17(3)21(27)14-13-19-18(20(25-26-24)15-22(19)28)9-7-5-6-8-10-23(29)30-4/h5,7,11,13-14,17-22,27-28H,6,8-10,12,15H2,1-4H3/t17?,18-,19-,20+,21+,22-/m1/s1. The number of carbonyl (C=O) groups excluding carboxylic acids is 1. The molecule has 1 unspecified atom stereocenters. The van der Waals surface area contributed by atoms with Crippen LogP contribution in [0.5, 0.6) is 0 Å². The Morgan fingerprint density at radius 1 is 1.37 bits per heavy atom. The zero-order valence-electron chi connectivity index (χ0n) is 18.6. The van der Waals surface area contributed by atoms with Crippen LogP contribution in [0.3, 0.4) is 0 Å². The van der Waals surface area contributed by atoms with Crippen molar-refractivity contribution < 1.29 is 19.7 Å². The number of ether oxygens (including phenoxy) is 1. The number of nitrogens with zero attached hydrogens (tertiary/aromatic N) is 3. The molecular formula is C23H37N3O4. The highest BCUT2D eigenvalue weighted by molar-refractivity contribution is 5.69. The van der Waals surface area contributed by atoms with Crippen LogP contribution < -0.4 is 0 Å². The van der Waals surface area contributed by atoms with Gasteiger partial charge in [0.05, 0.1) is 19.3 Å². The molecule has 0 aromatic carbocycles. The zero-order chi connectivity index (χ0) is 22.5. The fraction of sp³-hybridized carbons (Fsp3) is 0.696. The van der Waals surface area contributed by atoms with Gasteiger partial charge in [0.15, 0.2) is 0 Å². The van der Waals surface area contributed by atoms with Crippen molar-refractivity contribution in [2.45, 2.75) is 77.5 Å². The molecule has 0 amide bonds. The predicted molar refractivity (Wildman–Crippen MR) is 119 cm³/mol. The maximum atomic E-state index is 11.1. The van der Waals surface area contributed by atoms with Gasteiger partial charge in [0, 0.05) is 23.3 Å². The van der Waals surface area contributed by atoms with Crippen LogP contribution in [-0.2, 0) is 9.53 Å². The van der Waals surface area contributed by atoms with E-state index in [1.807, 2.05) is 39.0 Å². The summed E-state index contributed by atoms with van der Waals surface area (Å²) in [4.78, 5) is 14.1. The van der Waals surface area contributed by atoms with Crippen LogP contribution >= 0.6 is 0 Å². The summed E-state index contributed by atoms with van der Waals surface area (Å²) in [6.07, 6.45) is 12.3. The first-order chi connectivity index (χ1) is 14.3. The SMILES string of the molecule is COC(=O)CCCC=CC[C@@H]1[C@@H](C=C[C@H](O)C(C)CC=C(C)C)[C@H](O)C[C@@H]1N=[N+]=[N-]. The molecule has 1 aliphatic carbocycles. The first-order valence-electron chi connectivity index (χ1n) is 10.7. The Hall–Kier alpha value is -2.08. The molecule has 0 aliphatic heterocycles. The first-order valence-corrected chi connectivity index (χ1v) is 10.7. The van der Waals surface area contributed by atoms with Crippen molar-refractivity contribution in [1.82, 2.24) is 0 Å². The maximum absolute atomic E-state index is 11.1. The molecule has 7 heteroatoms. The minimum Gasteiger partial charge on any atom is -0.469 e. The van der Waals surface area contributed by atoms with E-state index in [4.69, 9.17) is 5.53 Å². The average molecular weight is 420 g/mol. The van der Waals surface area contributed by atoms with Crippen LogP contribution in [0.15, 0.2) is 41.1 Å². The topological polar surface area (TPSA) is 116 Å². The Balaban J connectivity index is 2.72. The Kier molecular flexibility index (Phi) is 12.1. The Bertz CT molecular complexity index is 663. The molecule has 0 heterocycles. The van der Waals surface area contributed by atoms with Crippen molar-refractivity contribution in [2.75, 3.05) is 7.11 Å². The Labute approximate surface area is 180 Å². The van der Waals surface area contributed by atoms with Crippen LogP contribution in [-0.4, -0.2) is 41.5 Å². The number of azide groups is 1. The first kappa shape index (κ1) is 26.0. The molecule has 6 atom stereocenters. The highest BCUT2D eigenvalue weighted by Crippen LogP contribution is 2.38. The number of unbranched alkanes of at least 4 members (excludes halogenated alkanes) is 1. The van der Waals surface area contributed by atoms with E-state index >= 15 is 0 Å². The second-order valence-electron chi connectivity index (χ2n) is 8.36. The number of hydrogen-bond acceptors (Lipinski definition) is 5. The molecule has 0 bridgehead atoms. The summed E-state index contributed by atoms with van der Waals surface area (Å²) in [5.74, 6) is -0.334. The molecule has 1 fully saturated rings. The van der Waals surface area contributed by atoms with Crippen molar-refractivity contribution in [2.24, 2.45) is 22.9 Å². The second-order valence-corrected chi connectivity index (χ2v) is 8.36. The summed E-state index contributed by atoms with van der Waals surface area (Å²) in [5, 5.41) is 24.8. The van der Waals surface area contributed by atoms with Gasteiger partial charge in [-0.1, -0.05) is 48.0 Å². The monoisotopic (exact) mass is 419 g/mol. The van der Waals surface area contributed by atoms with Crippen LogP contribution in [0.25, 0.3) is 10.4 Å². The van der Waals surface area contributed by atoms with E-state index in [9.17, 15) is 15.0 Å². The summed E-state index contributed by atoms with van der Waals surface area (Å²) in [6.45, 7) is 6.07. The van der Waals surface area contributed by atoms with Gasteiger partial charge in [0.2, 0.25) is 0 Å². The molecule has 1 rings (SSSR count). The molecule has 168 valence electrons. The molecule has 2 N–H and O–H groups in total. The number of allylic oxidation sites excluding steroid dienone is 4. The van der Waals surface area contributed by atoms with Crippen molar-refractivity contribution in [3.05, 3.63) is 46.4 Å². The number of hydrogen-bond donors (Lipinski definition) is 2. The van der Waals surface area contributed by atoms with E-state index in [0.717, 1.165) is 19.3 Å². The normalized spacial score (nSPS) is 25.8. The quantitative estimate of drug-likeness (QED) is 0.117. The third kappa shape index (κ3) is 9.16. The van der Waals surface area contributed by atoms with E-state index in [-0.39, 0.29) is 29.8 Å². The molecular weight excluding hydrogens is 382 g/mol. The van der Waals surface area contributed by atoms with Crippen molar-refractivity contribution >= 4 is 5.97 Å². The summed E-state index contributed by atoms with van der Waals surface area (Å²) in [7, 11) is 1.38. The predicted octanol–water partition coefficient (Wildman–Crippen LogP) is 4.86. The highest BCUT2D eigenvalue weighted by Gasteiger charge is 2.40. The molecule has 1 aliphatic rings. The van der Waals surface area contributed by atoms with Gasteiger partial charge >= 0.3 is 5.97 Å². The van der Waals surface area contributed by atoms with Gasteiger partial charge in [-0.25, -0.2) is 0 Å². The van der Waals surface area contributed by atoms with Crippen LogP contribution in [0, 0.1) is 17.8 Å². The summed E-state index contributed by atoms with van der Waals surface area (Å²) < 4.78 is 4.63. The number of aliphatic hydroxyl groups is 2. The van der Waals surface area contributed by atoms with Crippen LogP contribution in [0.1, 0.15) is 59.3 Å². The van der Waals surface area contributed by atoms with Crippen molar-refractivity contribution in [3.63, 3.8) is 0 Å². The minimum atomic E-state index is -0.602. The lowest BCUT2D eigenvalue weighted by atomic mass is 9.88. The van der Waals surface area contributed by atoms with E-state index in [0.29, 0.717) is 19.3 Å². The fourth-order valence-corrected chi connectivity index (χ4v) is 3.74. The van der Waals surface area contributed by atoms with Crippen LogP contribution in [0.2, 0.25) is 0 Å². The number of carbonyl (C=O) groups is 1. The third-order valence-electron chi connectivity index (χ3n) is 5.68. The summed E-state index contributed by atoms with van der Waals surface area (Å²) >= 11 is 0. The smallest absolute Gasteiger partial charge is 0.305 e. The van der Waals surface area contributed by atoms with E-state index in [1.54, 1.807) is 6.08 Å². The van der Waals surface area contributed by atoms with Crippen molar-refractivity contribution in [1.29, 1.82) is 0 Å². The number of rotatable bonds is 12. The van der Waals surface area contributed by atoms with Gasteiger partial charge in [0.1, 0.15) is 0 Å². The second kappa shape index (κ2) is 14.0. The fourth-order valence-electron chi connectivity index (χ4n) is 3.74. The van der Waals surface area contributed by atoms with Gasteiger partial charge in [-0.05, 0) is 63.3 Å². The zero-order valence-corrected chi connectivity index (χ0v) is 18.6. The minimum absolute atomic E-state index is 0.0238. The lowest BCUT2D eigenvalue weighted by Crippen LogP contribution is -2.21. The largest absolute Gasteiger partial charge is 0.469 e. The lowest BCUT2D eigenvalue weighted by molar-refractivity contribution is -0.140. The van der Waals surface area contributed by atoms with Crippen molar-refractivity contribution in [3.8, 4) is 0 Å². The summed E-state index contributed by atoms with van der Waals surface area (Å²) in [5.41, 5.74) is 10.1. The third-order valence-corrected chi connectivity index (χ3v) is 5.68. The molecule has 0 saturated heterocycles. The van der Waals surface area contributed by atoms with E-state index in [1.165, 1.54) is 12.7 Å². The van der Waals surface area contributed by atoms with Gasteiger partial charge in [0.25, 0.3) is 0 Å². The van der Waals surface area contributed by atoms with E-state index < -0.39 is 12.2 Å². The summed E-state index contributed by atoms with van der Waals surface area (Å²) in [6, 6.07) is -0.278. The molecule has 1 saturated carbocycles. The number of esters is 1. The lowest BCUT2D eigenvalue weighted by Gasteiger charge is -2.21. The highest BCUT2D eigenvalue weighted by atomic mass is 16.5. The maximum Gasteiger partial charge on any atom is 0.305 e. The average Bonchev–Trinajstić information content (AvgIpc) is 3.00. The van der Waals surface area contributed by atoms with E-state index in [2.05, 4.69) is 20.8 Å². The Morgan fingerprint density at radius 2 is 2.10 bits per heavy atom. The Morgan fingerprint density at radius 3 is 2.73 bits per heavy atom. The van der Waals surface area contributed by atoms with Gasteiger partial charge < -0.3 is 14.9 Å². The molecule has 0 aromatic heterocycles. The van der Waals surface area contributed by atoms with Gasteiger partial charge in [-0.3, -0.25) is 4.79 Å². The van der Waals surface area contributed by atoms with Crippen LogP contribution in [0.4, 0.5) is 0 Å². The number of methoxy groups -OCH3 is 1. The molecule has 0 aromatic rings. The molecule has 7 nitrogen and oxygen atoms in total. The molecule has 0 radical (unpaired) electrons. The number of aliphatic hydroxyl groups excluding tert-OH is 2. The molecule has 0 spiro atoms. The van der Waals surface area contributed by atoms with Gasteiger partial charge in [-0.2, -0.15) is 0 Å².